The smallest absolute Gasteiger partial charge is 0.0808 e. The SMILES string of the molecule is NC1(COCC2CCCCO2)CCCC1. The maximum absolute atomic E-state index is 6.21. The zero-order valence-corrected chi connectivity index (χ0v) is 9.54. The molecule has 1 saturated heterocycles. The lowest BCUT2D eigenvalue weighted by atomic mass is 10.0. The van der Waals surface area contributed by atoms with Crippen molar-refractivity contribution in [1.82, 2.24) is 0 Å². The third-order valence-corrected chi connectivity index (χ3v) is 3.57. The van der Waals surface area contributed by atoms with Crippen LogP contribution in [-0.4, -0.2) is 31.5 Å². The molecule has 0 bridgehead atoms. The van der Waals surface area contributed by atoms with Gasteiger partial charge in [0, 0.05) is 12.1 Å². The summed E-state index contributed by atoms with van der Waals surface area (Å²) in [6.45, 7) is 2.35. The first-order valence-electron chi connectivity index (χ1n) is 6.27. The van der Waals surface area contributed by atoms with E-state index < -0.39 is 0 Å². The van der Waals surface area contributed by atoms with Crippen LogP contribution in [0.15, 0.2) is 0 Å². The molecule has 0 aromatic heterocycles. The van der Waals surface area contributed by atoms with Gasteiger partial charge in [0.1, 0.15) is 0 Å². The van der Waals surface area contributed by atoms with Crippen LogP contribution in [0.3, 0.4) is 0 Å². The van der Waals surface area contributed by atoms with Crippen molar-refractivity contribution in [2.45, 2.75) is 56.6 Å². The number of rotatable bonds is 4. The fourth-order valence-electron chi connectivity index (χ4n) is 2.56. The Bertz CT molecular complexity index is 184. The molecule has 1 atom stereocenters. The fourth-order valence-corrected chi connectivity index (χ4v) is 2.56. The van der Waals surface area contributed by atoms with Crippen molar-refractivity contribution >= 4 is 0 Å². The normalized spacial score (nSPS) is 30.6. The minimum atomic E-state index is -0.0331. The van der Waals surface area contributed by atoms with Gasteiger partial charge in [-0.15, -0.1) is 0 Å². The fraction of sp³-hybridized carbons (Fsp3) is 1.00. The van der Waals surface area contributed by atoms with Crippen molar-refractivity contribution in [3.8, 4) is 0 Å². The van der Waals surface area contributed by atoms with E-state index in [0.717, 1.165) is 32.5 Å². The highest BCUT2D eigenvalue weighted by atomic mass is 16.5. The summed E-state index contributed by atoms with van der Waals surface area (Å²) in [5.74, 6) is 0. The molecule has 1 aliphatic carbocycles. The summed E-state index contributed by atoms with van der Waals surface area (Å²) >= 11 is 0. The molecule has 3 heteroatoms. The van der Waals surface area contributed by atoms with Crippen molar-refractivity contribution in [2.24, 2.45) is 5.73 Å². The predicted octanol–water partition coefficient (Wildman–Crippen LogP) is 1.84. The van der Waals surface area contributed by atoms with Gasteiger partial charge in [-0.2, -0.15) is 0 Å². The van der Waals surface area contributed by atoms with E-state index in [2.05, 4.69) is 0 Å². The lowest BCUT2D eigenvalue weighted by molar-refractivity contribution is -0.0489. The molecule has 15 heavy (non-hydrogen) atoms. The highest BCUT2D eigenvalue weighted by Gasteiger charge is 2.29. The van der Waals surface area contributed by atoms with Crippen molar-refractivity contribution in [2.75, 3.05) is 19.8 Å². The molecule has 1 aliphatic heterocycles. The van der Waals surface area contributed by atoms with Crippen LogP contribution in [0.25, 0.3) is 0 Å². The monoisotopic (exact) mass is 213 g/mol. The van der Waals surface area contributed by atoms with Crippen molar-refractivity contribution < 1.29 is 9.47 Å². The van der Waals surface area contributed by atoms with Crippen molar-refractivity contribution in [3.63, 3.8) is 0 Å². The number of ether oxygens (including phenoxy) is 2. The first-order chi connectivity index (χ1) is 7.29. The lowest BCUT2D eigenvalue weighted by Gasteiger charge is -2.26. The quantitative estimate of drug-likeness (QED) is 0.775. The van der Waals surface area contributed by atoms with Gasteiger partial charge in [0.15, 0.2) is 0 Å². The molecule has 3 nitrogen and oxygen atoms in total. The number of nitrogens with two attached hydrogens (primary N) is 1. The van der Waals surface area contributed by atoms with E-state index in [9.17, 15) is 0 Å². The van der Waals surface area contributed by atoms with Gasteiger partial charge in [0.05, 0.1) is 19.3 Å². The van der Waals surface area contributed by atoms with Crippen LogP contribution in [-0.2, 0) is 9.47 Å². The summed E-state index contributed by atoms with van der Waals surface area (Å²) in [5.41, 5.74) is 6.18. The zero-order chi connectivity index (χ0) is 10.6. The summed E-state index contributed by atoms with van der Waals surface area (Å²) in [5, 5.41) is 0. The molecule has 2 aliphatic rings. The van der Waals surface area contributed by atoms with Crippen LogP contribution < -0.4 is 5.73 Å². The Labute approximate surface area is 92.3 Å². The molecule has 0 spiro atoms. The van der Waals surface area contributed by atoms with Crippen LogP contribution in [0.1, 0.15) is 44.9 Å². The van der Waals surface area contributed by atoms with E-state index >= 15 is 0 Å². The van der Waals surface area contributed by atoms with Crippen LogP contribution in [0.4, 0.5) is 0 Å². The molecule has 2 fully saturated rings. The maximum Gasteiger partial charge on any atom is 0.0808 e. The highest BCUT2D eigenvalue weighted by molar-refractivity contribution is 4.89. The molecule has 1 unspecified atom stereocenters. The Hall–Kier alpha value is -0.120. The van der Waals surface area contributed by atoms with Crippen LogP contribution in [0, 0.1) is 0 Å². The third kappa shape index (κ3) is 3.44. The van der Waals surface area contributed by atoms with Crippen molar-refractivity contribution in [3.05, 3.63) is 0 Å². The summed E-state index contributed by atoms with van der Waals surface area (Å²) in [6, 6.07) is 0. The Kier molecular flexibility index (Phi) is 4.00. The second-order valence-electron chi connectivity index (χ2n) is 5.07. The molecule has 1 saturated carbocycles. The molecule has 2 rings (SSSR count). The van der Waals surface area contributed by atoms with Gasteiger partial charge in [-0.3, -0.25) is 0 Å². The average Bonchev–Trinajstić information content (AvgIpc) is 2.67. The molecule has 0 amide bonds. The largest absolute Gasteiger partial charge is 0.377 e. The second-order valence-corrected chi connectivity index (χ2v) is 5.07. The topological polar surface area (TPSA) is 44.5 Å². The molecule has 2 N–H and O–H groups in total. The van der Waals surface area contributed by atoms with Gasteiger partial charge in [0.2, 0.25) is 0 Å². The lowest BCUT2D eigenvalue weighted by Crippen LogP contribution is -2.42. The van der Waals surface area contributed by atoms with Gasteiger partial charge >= 0.3 is 0 Å². The number of hydrogen-bond acceptors (Lipinski definition) is 3. The summed E-state index contributed by atoms with van der Waals surface area (Å²) in [6.07, 6.45) is 8.73. The van der Waals surface area contributed by atoms with Gasteiger partial charge in [-0.25, -0.2) is 0 Å². The minimum absolute atomic E-state index is 0.0331. The highest BCUT2D eigenvalue weighted by Crippen LogP contribution is 2.27. The average molecular weight is 213 g/mol. The van der Waals surface area contributed by atoms with E-state index in [1.165, 1.54) is 25.7 Å². The van der Waals surface area contributed by atoms with Crippen molar-refractivity contribution in [1.29, 1.82) is 0 Å². The van der Waals surface area contributed by atoms with E-state index in [0.29, 0.717) is 12.7 Å². The third-order valence-electron chi connectivity index (χ3n) is 3.57. The standard InChI is InChI=1S/C12H23NO2/c13-12(6-2-3-7-12)10-14-9-11-5-1-4-8-15-11/h11H,1-10,13H2. The molecular weight excluding hydrogens is 190 g/mol. The Morgan fingerprint density at radius 2 is 2.00 bits per heavy atom. The summed E-state index contributed by atoms with van der Waals surface area (Å²) < 4.78 is 11.3. The van der Waals surface area contributed by atoms with E-state index in [1.807, 2.05) is 0 Å². The van der Waals surface area contributed by atoms with Gasteiger partial charge < -0.3 is 15.2 Å². The Morgan fingerprint density at radius 1 is 1.20 bits per heavy atom. The molecule has 88 valence electrons. The Balaban J connectivity index is 1.61. The molecule has 0 aromatic rings. The summed E-state index contributed by atoms with van der Waals surface area (Å²) in [7, 11) is 0. The molecule has 0 radical (unpaired) electrons. The van der Waals surface area contributed by atoms with E-state index in [4.69, 9.17) is 15.2 Å². The Morgan fingerprint density at radius 3 is 2.67 bits per heavy atom. The van der Waals surface area contributed by atoms with Gasteiger partial charge in [-0.1, -0.05) is 12.8 Å². The van der Waals surface area contributed by atoms with Crippen LogP contribution >= 0.6 is 0 Å². The van der Waals surface area contributed by atoms with E-state index in [-0.39, 0.29) is 5.54 Å². The zero-order valence-electron chi connectivity index (χ0n) is 9.54. The van der Waals surface area contributed by atoms with Crippen LogP contribution in [0.2, 0.25) is 0 Å². The molecular formula is C12H23NO2. The summed E-state index contributed by atoms with van der Waals surface area (Å²) in [4.78, 5) is 0. The predicted molar refractivity (Wildman–Crippen MR) is 59.8 cm³/mol. The first kappa shape index (κ1) is 11.4. The first-order valence-corrected chi connectivity index (χ1v) is 6.27. The molecule has 0 aromatic carbocycles. The molecule has 1 heterocycles. The number of hydrogen-bond donors (Lipinski definition) is 1. The van der Waals surface area contributed by atoms with Crippen LogP contribution in [0.5, 0.6) is 0 Å². The van der Waals surface area contributed by atoms with Gasteiger partial charge in [0.25, 0.3) is 0 Å². The second kappa shape index (κ2) is 5.28. The maximum atomic E-state index is 6.21. The van der Waals surface area contributed by atoms with Gasteiger partial charge in [-0.05, 0) is 32.1 Å². The minimum Gasteiger partial charge on any atom is -0.377 e. The van der Waals surface area contributed by atoms with E-state index in [1.54, 1.807) is 0 Å².